The molecule has 2 N–H and O–H groups in total. The molecule has 0 aliphatic rings. The van der Waals surface area contributed by atoms with Crippen LogP contribution in [-0.2, 0) is 4.79 Å². The van der Waals surface area contributed by atoms with Gasteiger partial charge in [0.05, 0.1) is 12.5 Å². The van der Waals surface area contributed by atoms with Gasteiger partial charge in [-0.3, -0.25) is 4.79 Å². The van der Waals surface area contributed by atoms with Gasteiger partial charge in [-0.1, -0.05) is 42.1 Å². The SMILES string of the molecule is O=C(CCSc1nc(-c2ccco2)c(-c2ccco2)[nH]1)Nc1ccc2ccccc2c1. The Morgan fingerprint density at radius 1 is 0.935 bits per heavy atom. The topological polar surface area (TPSA) is 84.1 Å². The smallest absolute Gasteiger partial charge is 0.225 e. The zero-order valence-corrected chi connectivity index (χ0v) is 17.3. The summed E-state index contributed by atoms with van der Waals surface area (Å²) in [7, 11) is 0. The van der Waals surface area contributed by atoms with E-state index in [1.165, 1.54) is 11.8 Å². The average molecular weight is 430 g/mol. The van der Waals surface area contributed by atoms with Crippen molar-refractivity contribution in [1.29, 1.82) is 0 Å². The highest BCUT2D eigenvalue weighted by Crippen LogP contribution is 2.33. The number of carbonyl (C=O) groups excluding carboxylic acids is 1. The quantitative estimate of drug-likeness (QED) is 0.301. The fourth-order valence-corrected chi connectivity index (χ4v) is 4.15. The van der Waals surface area contributed by atoms with Crippen LogP contribution in [0.3, 0.4) is 0 Å². The molecule has 3 heterocycles. The second-order valence-corrected chi connectivity index (χ2v) is 8.01. The molecule has 0 spiro atoms. The Balaban J connectivity index is 1.23. The number of H-pyrrole nitrogens is 1. The van der Waals surface area contributed by atoms with Gasteiger partial charge in [-0.15, -0.1) is 0 Å². The number of hydrogen-bond donors (Lipinski definition) is 2. The molecule has 31 heavy (non-hydrogen) atoms. The molecule has 0 saturated heterocycles. The van der Waals surface area contributed by atoms with Crippen LogP contribution in [0.15, 0.2) is 93.2 Å². The summed E-state index contributed by atoms with van der Waals surface area (Å²) in [4.78, 5) is 20.3. The molecule has 0 radical (unpaired) electrons. The van der Waals surface area contributed by atoms with Crippen molar-refractivity contribution in [3.05, 3.63) is 79.3 Å². The van der Waals surface area contributed by atoms with Crippen LogP contribution < -0.4 is 5.32 Å². The lowest BCUT2D eigenvalue weighted by atomic mass is 10.1. The molecule has 0 unspecified atom stereocenters. The fraction of sp³-hybridized carbons (Fsp3) is 0.0833. The van der Waals surface area contributed by atoms with Gasteiger partial charge in [-0.2, -0.15) is 0 Å². The third-order valence-electron chi connectivity index (χ3n) is 4.81. The molecule has 0 fully saturated rings. The van der Waals surface area contributed by atoms with Crippen molar-refractivity contribution in [3.8, 4) is 22.9 Å². The second-order valence-electron chi connectivity index (χ2n) is 6.93. The van der Waals surface area contributed by atoms with Crippen LogP contribution in [0, 0.1) is 0 Å². The number of aromatic amines is 1. The standard InChI is InChI=1S/C24H19N3O3S/c28-21(25-18-10-9-16-5-1-2-6-17(16)15-18)11-14-31-24-26-22(19-7-3-12-29-19)23(27-24)20-8-4-13-30-20/h1-10,12-13,15H,11,14H2,(H,25,28)(H,26,27). The Morgan fingerprint density at radius 2 is 1.71 bits per heavy atom. The van der Waals surface area contributed by atoms with Crippen molar-refractivity contribution in [3.63, 3.8) is 0 Å². The minimum absolute atomic E-state index is 0.0353. The van der Waals surface area contributed by atoms with Crippen molar-refractivity contribution in [2.75, 3.05) is 11.1 Å². The summed E-state index contributed by atoms with van der Waals surface area (Å²) in [5.41, 5.74) is 2.23. The third kappa shape index (κ3) is 4.27. The molecule has 0 aliphatic carbocycles. The minimum Gasteiger partial charge on any atom is -0.463 e. The Kier molecular flexibility index (Phi) is 5.33. The molecule has 0 bridgehead atoms. The molecule has 154 valence electrons. The molecule has 0 aliphatic heterocycles. The van der Waals surface area contributed by atoms with E-state index in [1.54, 1.807) is 12.5 Å². The highest BCUT2D eigenvalue weighted by atomic mass is 32.2. The monoisotopic (exact) mass is 429 g/mol. The van der Waals surface area contributed by atoms with E-state index in [9.17, 15) is 4.79 Å². The van der Waals surface area contributed by atoms with Gasteiger partial charge >= 0.3 is 0 Å². The summed E-state index contributed by atoms with van der Waals surface area (Å²) in [6.07, 6.45) is 3.59. The van der Waals surface area contributed by atoms with Crippen molar-refractivity contribution in [1.82, 2.24) is 9.97 Å². The van der Waals surface area contributed by atoms with E-state index in [2.05, 4.69) is 21.4 Å². The number of thioether (sulfide) groups is 1. The van der Waals surface area contributed by atoms with Crippen LogP contribution in [0.5, 0.6) is 0 Å². The molecule has 6 nitrogen and oxygen atoms in total. The first-order valence-corrected chi connectivity index (χ1v) is 10.8. The van der Waals surface area contributed by atoms with E-state index in [1.807, 2.05) is 60.7 Å². The van der Waals surface area contributed by atoms with Gasteiger partial charge in [-0.25, -0.2) is 4.98 Å². The van der Waals surface area contributed by atoms with E-state index in [4.69, 9.17) is 8.83 Å². The molecular weight excluding hydrogens is 410 g/mol. The van der Waals surface area contributed by atoms with Gasteiger partial charge in [0.1, 0.15) is 11.4 Å². The van der Waals surface area contributed by atoms with Gasteiger partial charge in [0.15, 0.2) is 16.7 Å². The first-order valence-electron chi connectivity index (χ1n) is 9.85. The highest BCUT2D eigenvalue weighted by molar-refractivity contribution is 7.99. The zero-order chi connectivity index (χ0) is 21.0. The van der Waals surface area contributed by atoms with Crippen molar-refractivity contribution in [2.45, 2.75) is 11.6 Å². The van der Waals surface area contributed by atoms with E-state index < -0.39 is 0 Å². The molecular formula is C24H19N3O3S. The van der Waals surface area contributed by atoms with Gasteiger partial charge < -0.3 is 19.1 Å². The van der Waals surface area contributed by atoms with E-state index in [-0.39, 0.29) is 5.91 Å². The Bertz CT molecular complexity index is 1260. The van der Waals surface area contributed by atoms with Gasteiger partial charge in [0.25, 0.3) is 0 Å². The van der Waals surface area contributed by atoms with Crippen LogP contribution in [-0.4, -0.2) is 21.6 Å². The zero-order valence-electron chi connectivity index (χ0n) is 16.5. The maximum atomic E-state index is 12.4. The Hall–Kier alpha value is -3.71. The summed E-state index contributed by atoms with van der Waals surface area (Å²) in [6, 6.07) is 21.4. The molecule has 7 heteroatoms. The number of imidazole rings is 1. The van der Waals surface area contributed by atoms with Crippen LogP contribution in [0.1, 0.15) is 6.42 Å². The predicted octanol–water partition coefficient (Wildman–Crippen LogP) is 6.20. The molecule has 0 atom stereocenters. The highest BCUT2D eigenvalue weighted by Gasteiger charge is 2.18. The van der Waals surface area contributed by atoms with E-state index in [0.29, 0.717) is 34.5 Å². The van der Waals surface area contributed by atoms with Crippen molar-refractivity contribution in [2.24, 2.45) is 0 Å². The normalized spacial score (nSPS) is 11.1. The number of fused-ring (bicyclic) bond motifs is 1. The number of amides is 1. The van der Waals surface area contributed by atoms with Gasteiger partial charge in [0, 0.05) is 17.9 Å². The number of aromatic nitrogens is 2. The molecule has 5 rings (SSSR count). The number of nitrogens with zero attached hydrogens (tertiary/aromatic N) is 1. The first-order chi connectivity index (χ1) is 15.3. The minimum atomic E-state index is -0.0353. The molecule has 0 saturated carbocycles. The summed E-state index contributed by atoms with van der Waals surface area (Å²) < 4.78 is 11.0. The maximum absolute atomic E-state index is 12.4. The summed E-state index contributed by atoms with van der Waals surface area (Å²) in [5, 5.41) is 5.92. The van der Waals surface area contributed by atoms with Crippen molar-refractivity contribution >= 4 is 34.1 Å². The van der Waals surface area contributed by atoms with E-state index >= 15 is 0 Å². The number of furan rings is 2. The number of anilines is 1. The summed E-state index contributed by atoms with van der Waals surface area (Å²) >= 11 is 1.48. The van der Waals surface area contributed by atoms with Gasteiger partial charge in [-0.05, 0) is 47.2 Å². The van der Waals surface area contributed by atoms with Crippen LogP contribution in [0.25, 0.3) is 33.7 Å². The largest absolute Gasteiger partial charge is 0.463 e. The molecule has 1 amide bonds. The van der Waals surface area contributed by atoms with E-state index in [0.717, 1.165) is 22.2 Å². The lowest BCUT2D eigenvalue weighted by Crippen LogP contribution is -2.12. The van der Waals surface area contributed by atoms with Crippen molar-refractivity contribution < 1.29 is 13.6 Å². The van der Waals surface area contributed by atoms with Gasteiger partial charge in [0.2, 0.25) is 5.91 Å². The van der Waals surface area contributed by atoms with Crippen LogP contribution in [0.4, 0.5) is 5.69 Å². The summed E-state index contributed by atoms with van der Waals surface area (Å²) in [5.74, 6) is 1.89. The predicted molar refractivity (Wildman–Crippen MR) is 122 cm³/mol. The number of rotatable bonds is 7. The third-order valence-corrected chi connectivity index (χ3v) is 5.68. The van der Waals surface area contributed by atoms with Crippen LogP contribution >= 0.6 is 11.8 Å². The second kappa shape index (κ2) is 8.57. The molecule has 5 aromatic rings. The number of hydrogen-bond acceptors (Lipinski definition) is 5. The average Bonchev–Trinajstić information content (AvgIpc) is 3.54. The Labute approximate surface area is 182 Å². The molecule has 3 aromatic heterocycles. The number of benzene rings is 2. The van der Waals surface area contributed by atoms with Crippen LogP contribution in [0.2, 0.25) is 0 Å². The number of carbonyl (C=O) groups is 1. The number of nitrogens with one attached hydrogen (secondary N) is 2. The summed E-state index contributed by atoms with van der Waals surface area (Å²) in [6.45, 7) is 0. The fourth-order valence-electron chi connectivity index (χ4n) is 3.34. The lowest BCUT2D eigenvalue weighted by Gasteiger charge is -2.06. The first kappa shape index (κ1) is 19.3. The Morgan fingerprint density at radius 3 is 2.48 bits per heavy atom. The maximum Gasteiger partial charge on any atom is 0.225 e. The molecule has 2 aromatic carbocycles. The lowest BCUT2D eigenvalue weighted by molar-refractivity contribution is -0.115.